The molecule has 0 unspecified atom stereocenters. The highest BCUT2D eigenvalue weighted by molar-refractivity contribution is 5.88. The Bertz CT molecular complexity index is 347. The number of carbonyl (C=O) groups is 1. The van der Waals surface area contributed by atoms with Crippen LogP contribution in [0, 0.1) is 12.8 Å². The molecule has 1 aromatic rings. The van der Waals surface area contributed by atoms with Crippen LogP contribution in [-0.2, 0) is 4.84 Å². The number of nitrogens with one attached hydrogen (secondary N) is 2. The van der Waals surface area contributed by atoms with Gasteiger partial charge in [-0.3, -0.25) is 4.84 Å². The summed E-state index contributed by atoms with van der Waals surface area (Å²) in [6.07, 6.45) is 0.921. The summed E-state index contributed by atoms with van der Waals surface area (Å²) >= 11 is 0. The third-order valence-corrected chi connectivity index (χ3v) is 2.27. The minimum Gasteiger partial charge on any atom is -0.306 e. The molecule has 0 aliphatic rings. The summed E-state index contributed by atoms with van der Waals surface area (Å²) in [4.78, 5) is 16.4. The van der Waals surface area contributed by atoms with Gasteiger partial charge in [0.15, 0.2) is 0 Å². The number of amides is 2. The Morgan fingerprint density at radius 3 is 2.53 bits per heavy atom. The molecular formula is C13H20N2O2. The number of hydrogen-bond donors (Lipinski definition) is 2. The van der Waals surface area contributed by atoms with Gasteiger partial charge in [0.1, 0.15) is 0 Å². The predicted molar refractivity (Wildman–Crippen MR) is 68.7 cm³/mol. The van der Waals surface area contributed by atoms with Crippen LogP contribution < -0.4 is 10.8 Å². The van der Waals surface area contributed by atoms with Crippen LogP contribution in [0.5, 0.6) is 0 Å². The number of aryl methyl sites for hydroxylation is 1. The van der Waals surface area contributed by atoms with Gasteiger partial charge >= 0.3 is 6.03 Å². The average Bonchev–Trinajstić information content (AvgIpc) is 2.27. The molecule has 94 valence electrons. The van der Waals surface area contributed by atoms with Crippen molar-refractivity contribution in [2.75, 3.05) is 11.9 Å². The second-order valence-electron chi connectivity index (χ2n) is 4.45. The van der Waals surface area contributed by atoms with E-state index in [-0.39, 0.29) is 6.03 Å². The Hall–Kier alpha value is -1.55. The van der Waals surface area contributed by atoms with Gasteiger partial charge in [-0.2, -0.15) is 0 Å². The number of hydroxylamine groups is 1. The molecule has 0 heterocycles. The third kappa shape index (κ3) is 5.92. The number of urea groups is 1. The molecule has 4 nitrogen and oxygen atoms in total. The minimum atomic E-state index is -0.349. The van der Waals surface area contributed by atoms with Gasteiger partial charge in [-0.15, -0.1) is 0 Å². The maximum atomic E-state index is 11.4. The lowest BCUT2D eigenvalue weighted by atomic mass is 10.1. The Labute approximate surface area is 102 Å². The van der Waals surface area contributed by atoms with Gasteiger partial charge in [0.05, 0.1) is 6.61 Å². The van der Waals surface area contributed by atoms with Gasteiger partial charge in [0, 0.05) is 5.69 Å². The topological polar surface area (TPSA) is 50.4 Å². The van der Waals surface area contributed by atoms with Crippen LogP contribution in [0.25, 0.3) is 0 Å². The molecule has 1 aromatic carbocycles. The molecule has 0 radical (unpaired) electrons. The van der Waals surface area contributed by atoms with Crippen molar-refractivity contribution in [3.8, 4) is 0 Å². The first-order valence-electron chi connectivity index (χ1n) is 5.83. The second kappa shape index (κ2) is 6.91. The molecule has 2 amide bonds. The van der Waals surface area contributed by atoms with E-state index < -0.39 is 0 Å². The van der Waals surface area contributed by atoms with E-state index in [4.69, 9.17) is 4.84 Å². The van der Waals surface area contributed by atoms with Crippen LogP contribution in [-0.4, -0.2) is 12.6 Å². The zero-order chi connectivity index (χ0) is 12.7. The zero-order valence-electron chi connectivity index (χ0n) is 10.6. The molecule has 0 saturated heterocycles. The van der Waals surface area contributed by atoms with E-state index in [2.05, 4.69) is 24.6 Å². The SMILES string of the molecule is Cc1ccc(NC(=O)NOCCC(C)C)cc1. The van der Waals surface area contributed by atoms with Gasteiger partial charge in [0.25, 0.3) is 0 Å². The van der Waals surface area contributed by atoms with Crippen molar-refractivity contribution in [1.29, 1.82) is 0 Å². The predicted octanol–water partition coefficient (Wildman–Crippen LogP) is 3.09. The number of carbonyl (C=O) groups excluding carboxylic acids is 1. The van der Waals surface area contributed by atoms with Gasteiger partial charge in [-0.25, -0.2) is 10.3 Å². The summed E-state index contributed by atoms with van der Waals surface area (Å²) in [6, 6.07) is 7.23. The van der Waals surface area contributed by atoms with E-state index in [0.717, 1.165) is 17.7 Å². The molecule has 0 bridgehead atoms. The van der Waals surface area contributed by atoms with E-state index in [1.54, 1.807) is 0 Å². The van der Waals surface area contributed by atoms with Gasteiger partial charge in [-0.05, 0) is 31.4 Å². The summed E-state index contributed by atoms with van der Waals surface area (Å²) < 4.78 is 0. The molecule has 1 rings (SSSR count). The Balaban J connectivity index is 2.23. The average molecular weight is 236 g/mol. The smallest absolute Gasteiger partial charge is 0.306 e. The number of benzene rings is 1. The van der Waals surface area contributed by atoms with Crippen molar-refractivity contribution >= 4 is 11.7 Å². The monoisotopic (exact) mass is 236 g/mol. The summed E-state index contributed by atoms with van der Waals surface area (Å²) in [5.74, 6) is 0.567. The van der Waals surface area contributed by atoms with Crippen LogP contribution >= 0.6 is 0 Å². The Morgan fingerprint density at radius 2 is 1.94 bits per heavy atom. The summed E-state index contributed by atoms with van der Waals surface area (Å²) in [5, 5.41) is 2.68. The summed E-state index contributed by atoms with van der Waals surface area (Å²) in [7, 11) is 0. The molecule has 0 fully saturated rings. The molecular weight excluding hydrogens is 216 g/mol. The number of hydrogen-bond acceptors (Lipinski definition) is 2. The largest absolute Gasteiger partial charge is 0.343 e. The highest BCUT2D eigenvalue weighted by Gasteiger charge is 2.01. The standard InChI is InChI=1S/C13H20N2O2/c1-10(2)8-9-17-15-13(16)14-12-6-4-11(3)5-7-12/h4-7,10H,8-9H2,1-3H3,(H2,14,15,16). The minimum absolute atomic E-state index is 0.349. The van der Waals surface area contributed by atoms with Crippen molar-refractivity contribution in [3.63, 3.8) is 0 Å². The quantitative estimate of drug-likeness (QED) is 0.609. The van der Waals surface area contributed by atoms with E-state index in [1.807, 2.05) is 31.2 Å². The summed E-state index contributed by atoms with van der Waals surface area (Å²) in [5.41, 5.74) is 4.26. The van der Waals surface area contributed by atoms with Gasteiger partial charge in [0.2, 0.25) is 0 Å². The first-order chi connectivity index (χ1) is 8.08. The highest BCUT2D eigenvalue weighted by atomic mass is 16.7. The lowest BCUT2D eigenvalue weighted by molar-refractivity contribution is 0.0589. The number of anilines is 1. The third-order valence-electron chi connectivity index (χ3n) is 2.27. The molecule has 0 aliphatic carbocycles. The van der Waals surface area contributed by atoms with Crippen LogP contribution in [0.2, 0.25) is 0 Å². The van der Waals surface area contributed by atoms with Crippen molar-refractivity contribution in [2.45, 2.75) is 27.2 Å². The van der Waals surface area contributed by atoms with E-state index >= 15 is 0 Å². The molecule has 0 atom stereocenters. The molecule has 0 aliphatic heterocycles. The molecule has 17 heavy (non-hydrogen) atoms. The molecule has 2 N–H and O–H groups in total. The fourth-order valence-corrected chi connectivity index (χ4v) is 1.20. The Kier molecular flexibility index (Phi) is 5.49. The van der Waals surface area contributed by atoms with Gasteiger partial charge in [-0.1, -0.05) is 31.5 Å². The zero-order valence-corrected chi connectivity index (χ0v) is 10.6. The summed E-state index contributed by atoms with van der Waals surface area (Å²) in [6.45, 7) is 6.74. The van der Waals surface area contributed by atoms with Crippen molar-refractivity contribution in [1.82, 2.24) is 5.48 Å². The Morgan fingerprint density at radius 1 is 1.29 bits per heavy atom. The van der Waals surface area contributed by atoms with Crippen LogP contribution in [0.4, 0.5) is 10.5 Å². The molecule has 0 spiro atoms. The van der Waals surface area contributed by atoms with Crippen molar-refractivity contribution in [2.24, 2.45) is 5.92 Å². The lowest BCUT2D eigenvalue weighted by Crippen LogP contribution is -2.29. The van der Waals surface area contributed by atoms with Crippen LogP contribution in [0.3, 0.4) is 0 Å². The fourth-order valence-electron chi connectivity index (χ4n) is 1.20. The lowest BCUT2D eigenvalue weighted by Gasteiger charge is -2.09. The highest BCUT2D eigenvalue weighted by Crippen LogP contribution is 2.08. The van der Waals surface area contributed by atoms with Crippen LogP contribution in [0.15, 0.2) is 24.3 Å². The van der Waals surface area contributed by atoms with Gasteiger partial charge < -0.3 is 5.32 Å². The maximum absolute atomic E-state index is 11.4. The maximum Gasteiger partial charge on any atom is 0.343 e. The first-order valence-corrected chi connectivity index (χ1v) is 5.83. The van der Waals surface area contributed by atoms with E-state index in [9.17, 15) is 4.79 Å². The first kappa shape index (κ1) is 13.5. The van der Waals surface area contributed by atoms with E-state index in [0.29, 0.717) is 12.5 Å². The second-order valence-corrected chi connectivity index (χ2v) is 4.45. The molecule has 0 aromatic heterocycles. The van der Waals surface area contributed by atoms with Crippen LogP contribution in [0.1, 0.15) is 25.8 Å². The normalized spacial score (nSPS) is 10.4. The van der Waals surface area contributed by atoms with E-state index in [1.165, 1.54) is 0 Å². The molecule has 0 saturated carbocycles. The van der Waals surface area contributed by atoms with Crippen molar-refractivity contribution < 1.29 is 9.63 Å². The van der Waals surface area contributed by atoms with Crippen molar-refractivity contribution in [3.05, 3.63) is 29.8 Å². The fraction of sp³-hybridized carbons (Fsp3) is 0.462. The molecule has 4 heteroatoms. The number of rotatable bonds is 5.